The summed E-state index contributed by atoms with van der Waals surface area (Å²) >= 11 is 0. The molecule has 1 radical (unpaired) electrons. The smallest absolute Gasteiger partial charge is 0.241 e. The summed E-state index contributed by atoms with van der Waals surface area (Å²) in [4.78, 5) is 4.12. The van der Waals surface area contributed by atoms with E-state index in [2.05, 4.69) is 137 Å². The van der Waals surface area contributed by atoms with Crippen molar-refractivity contribution >= 4 is 43.1 Å². The first-order valence-electron chi connectivity index (χ1n) is 16.6. The molecule has 0 unspecified atom stereocenters. The molecule has 10 aromatic rings. The molecular formula is C44H32IrN7-3. The van der Waals surface area contributed by atoms with Gasteiger partial charge in [-0.05, 0) is 23.5 Å². The van der Waals surface area contributed by atoms with Gasteiger partial charge in [0.25, 0.3) is 0 Å². The van der Waals surface area contributed by atoms with Crippen LogP contribution in [0.2, 0.25) is 0 Å². The molecule has 0 fully saturated rings. The number of hydrogen-bond donors (Lipinski definition) is 0. The largest absolute Gasteiger partial charge is 0.574 e. The first-order chi connectivity index (χ1) is 25.1. The first kappa shape index (κ1) is 34.2. The third kappa shape index (κ3) is 7.03. The second-order valence-electron chi connectivity index (χ2n) is 12.0. The van der Waals surface area contributed by atoms with Gasteiger partial charge in [-0.3, -0.25) is 4.98 Å². The molecule has 6 aromatic carbocycles. The summed E-state index contributed by atoms with van der Waals surface area (Å²) in [6.07, 6.45) is 17.9. The van der Waals surface area contributed by atoms with Gasteiger partial charge in [0.1, 0.15) is 0 Å². The summed E-state index contributed by atoms with van der Waals surface area (Å²) in [5.41, 5.74) is 3.77. The second kappa shape index (κ2) is 15.4. The topological polar surface area (TPSA) is 57.5 Å². The molecule has 8 heteroatoms. The van der Waals surface area contributed by atoms with Crippen LogP contribution in [-0.2, 0) is 34.2 Å². The Morgan fingerprint density at radius 3 is 1.40 bits per heavy atom. The van der Waals surface area contributed by atoms with Crippen molar-refractivity contribution in [2.45, 2.75) is 0 Å². The summed E-state index contributed by atoms with van der Waals surface area (Å²) in [5, 5.41) is 17.2. The van der Waals surface area contributed by atoms with E-state index in [1.54, 1.807) is 12.4 Å². The van der Waals surface area contributed by atoms with E-state index in [1.165, 1.54) is 32.3 Å². The maximum Gasteiger partial charge on any atom is 0.241 e. The third-order valence-corrected chi connectivity index (χ3v) is 8.59. The minimum Gasteiger partial charge on any atom is -0.574 e. The molecule has 0 amide bonds. The number of pyridine rings is 1. The molecule has 0 atom stereocenters. The Balaban J connectivity index is 0.000000125. The quantitative estimate of drug-likeness (QED) is 0.105. The number of fused-ring (bicyclic) bond motifs is 6. The zero-order chi connectivity index (χ0) is 34.6. The van der Waals surface area contributed by atoms with Gasteiger partial charge in [-0.2, -0.15) is 0 Å². The van der Waals surface area contributed by atoms with Crippen molar-refractivity contribution in [3.05, 3.63) is 183 Å². The predicted molar refractivity (Wildman–Crippen MR) is 200 cm³/mol. The molecule has 0 bridgehead atoms. The van der Waals surface area contributed by atoms with Crippen LogP contribution >= 0.6 is 0 Å². The van der Waals surface area contributed by atoms with E-state index in [0.29, 0.717) is 0 Å². The van der Waals surface area contributed by atoms with E-state index in [0.717, 1.165) is 33.5 Å². The number of rotatable bonds is 3. The van der Waals surface area contributed by atoms with Crippen LogP contribution in [0.3, 0.4) is 0 Å². The Labute approximate surface area is 315 Å². The van der Waals surface area contributed by atoms with Crippen LogP contribution in [-0.4, -0.2) is 19.2 Å². The number of nitrogens with zero attached hydrogens (tertiary/aromatic N) is 7. The SMILES string of the molecule is C[n+]1[c-]n(-c2[c-]c3ccccc3c3ccccc23)cc1.C[n+]1[c-]n(-c2[c-]c3ccccc3c3ccccc23)cc1.[Ir].c1ccc(-c2ccn[n-]2)nc1. The average molecular weight is 851 g/mol. The molecule has 0 aliphatic heterocycles. The van der Waals surface area contributed by atoms with Crippen molar-refractivity contribution < 1.29 is 29.2 Å². The zero-order valence-electron chi connectivity index (χ0n) is 28.5. The van der Waals surface area contributed by atoms with Crippen molar-refractivity contribution in [2.75, 3.05) is 0 Å². The van der Waals surface area contributed by atoms with Gasteiger partial charge < -0.3 is 28.5 Å². The van der Waals surface area contributed by atoms with Crippen molar-refractivity contribution in [1.29, 1.82) is 0 Å². The number of hydrogen-bond acceptors (Lipinski definition) is 2. The number of aromatic nitrogens is 7. The minimum atomic E-state index is 0. The number of imidazole rings is 2. The van der Waals surface area contributed by atoms with Crippen LogP contribution in [0.4, 0.5) is 0 Å². The maximum atomic E-state index is 4.12. The van der Waals surface area contributed by atoms with Crippen LogP contribution in [0.15, 0.2) is 159 Å². The molecule has 52 heavy (non-hydrogen) atoms. The Kier molecular flexibility index (Phi) is 10.1. The number of benzene rings is 6. The fraction of sp³-hybridized carbons (Fsp3) is 0.0455. The van der Waals surface area contributed by atoms with Gasteiger partial charge in [-0.1, -0.05) is 100 Å². The minimum absolute atomic E-state index is 0. The van der Waals surface area contributed by atoms with Crippen LogP contribution in [0, 0.1) is 24.8 Å². The normalized spacial score (nSPS) is 10.7. The summed E-state index contributed by atoms with van der Waals surface area (Å²) < 4.78 is 7.82. The molecule has 10 rings (SSSR count). The van der Waals surface area contributed by atoms with Gasteiger partial charge in [0.15, 0.2) is 0 Å². The van der Waals surface area contributed by atoms with E-state index >= 15 is 0 Å². The Hall–Kier alpha value is -6.21. The molecule has 4 aromatic heterocycles. The van der Waals surface area contributed by atoms with E-state index in [-0.39, 0.29) is 20.1 Å². The average Bonchev–Trinajstić information content (AvgIpc) is 3.99. The third-order valence-electron chi connectivity index (χ3n) is 8.59. The standard InChI is InChI=1S/2C18H13N2.C8H6N3.Ir/c2*1-19-10-11-20(13-19)18-12-14-6-2-3-7-15(14)16-8-4-5-9-17(16)18;1-2-5-9-7(3-1)8-4-6-10-11-8;/h2*2-11H,1H3;1-6H;/q3*-1;. The predicted octanol–water partition coefficient (Wildman–Crippen LogP) is 7.52. The van der Waals surface area contributed by atoms with Crippen molar-refractivity contribution in [1.82, 2.24) is 24.3 Å². The maximum absolute atomic E-state index is 4.12. The molecule has 0 spiro atoms. The zero-order valence-corrected chi connectivity index (χ0v) is 30.9. The van der Waals surface area contributed by atoms with E-state index < -0.39 is 0 Å². The molecule has 0 N–H and O–H groups in total. The molecule has 0 saturated carbocycles. The summed E-state index contributed by atoms with van der Waals surface area (Å²) in [6, 6.07) is 48.3. The summed E-state index contributed by atoms with van der Waals surface area (Å²) in [7, 11) is 3.94. The van der Waals surface area contributed by atoms with Gasteiger partial charge in [-0.15, -0.1) is 70.1 Å². The van der Waals surface area contributed by atoms with Gasteiger partial charge in [-0.25, -0.2) is 0 Å². The molecule has 0 aliphatic carbocycles. The van der Waals surface area contributed by atoms with Crippen LogP contribution in [0.5, 0.6) is 0 Å². The molecule has 0 aliphatic rings. The van der Waals surface area contributed by atoms with Crippen molar-refractivity contribution in [3.63, 3.8) is 0 Å². The molecule has 4 heterocycles. The molecule has 255 valence electrons. The Morgan fingerprint density at radius 1 is 0.519 bits per heavy atom. The molecular weight excluding hydrogens is 819 g/mol. The summed E-state index contributed by atoms with van der Waals surface area (Å²) in [5.74, 6) is 0. The molecule has 7 nitrogen and oxygen atoms in total. The Bertz CT molecular complexity index is 2580. The van der Waals surface area contributed by atoms with E-state index in [1.807, 2.05) is 81.4 Å². The van der Waals surface area contributed by atoms with Gasteiger partial charge in [0, 0.05) is 63.0 Å². The van der Waals surface area contributed by atoms with Crippen LogP contribution in [0.25, 0.3) is 65.9 Å². The molecule has 0 saturated heterocycles. The van der Waals surface area contributed by atoms with Crippen molar-refractivity contribution in [3.8, 4) is 22.8 Å². The fourth-order valence-electron chi connectivity index (χ4n) is 6.21. The first-order valence-corrected chi connectivity index (χ1v) is 16.6. The van der Waals surface area contributed by atoms with Gasteiger partial charge >= 0.3 is 0 Å². The fourth-order valence-corrected chi connectivity index (χ4v) is 6.21. The van der Waals surface area contributed by atoms with E-state index in [9.17, 15) is 0 Å². The van der Waals surface area contributed by atoms with Crippen LogP contribution in [0.1, 0.15) is 0 Å². The Morgan fingerprint density at radius 2 is 0.981 bits per heavy atom. The second-order valence-corrected chi connectivity index (χ2v) is 12.0. The van der Waals surface area contributed by atoms with Gasteiger partial charge in [0.05, 0.1) is 14.1 Å². The van der Waals surface area contributed by atoms with Crippen LogP contribution < -0.4 is 14.2 Å². The number of aryl methyl sites for hydroxylation is 2. The summed E-state index contributed by atoms with van der Waals surface area (Å²) in [6.45, 7) is 0. The van der Waals surface area contributed by atoms with E-state index in [4.69, 9.17) is 0 Å². The van der Waals surface area contributed by atoms with Crippen molar-refractivity contribution in [2.24, 2.45) is 14.1 Å². The monoisotopic (exact) mass is 851 g/mol. The van der Waals surface area contributed by atoms with Gasteiger partial charge in [0.2, 0.25) is 12.7 Å².